The van der Waals surface area contributed by atoms with Crippen molar-refractivity contribution >= 4 is 29.1 Å². The highest BCUT2D eigenvalue weighted by Gasteiger charge is 2.35. The Balaban J connectivity index is 1.69. The van der Waals surface area contributed by atoms with Crippen molar-refractivity contribution in [2.45, 2.75) is 38.8 Å². The molecule has 198 valence electrons. The number of esters is 2. The number of morpholine rings is 1. The first-order chi connectivity index (χ1) is 17.9. The number of amidine groups is 1. The number of aryl methyl sites for hydroxylation is 1. The molecule has 3 heterocycles. The summed E-state index contributed by atoms with van der Waals surface area (Å²) in [7, 11) is 1.37. The van der Waals surface area contributed by atoms with E-state index in [2.05, 4.69) is 15.2 Å². The second-order valence-electron chi connectivity index (χ2n) is 8.80. The molecule has 1 N–H and O–H groups in total. The zero-order chi connectivity index (χ0) is 26.4. The van der Waals surface area contributed by atoms with Crippen LogP contribution in [0, 0.1) is 12.7 Å². The molecule has 2 aliphatic rings. The van der Waals surface area contributed by atoms with Gasteiger partial charge in [0.15, 0.2) is 10.8 Å². The number of halogens is 1. The molecule has 0 radical (unpaired) electrons. The van der Waals surface area contributed by atoms with E-state index in [-0.39, 0.29) is 30.9 Å². The van der Waals surface area contributed by atoms with E-state index in [4.69, 9.17) is 19.2 Å². The van der Waals surface area contributed by atoms with Gasteiger partial charge in [-0.3, -0.25) is 14.7 Å². The Bertz CT molecular complexity index is 1180. The fourth-order valence-electron chi connectivity index (χ4n) is 4.49. The van der Waals surface area contributed by atoms with Crippen molar-refractivity contribution in [2.24, 2.45) is 4.99 Å². The molecule has 0 amide bonds. The van der Waals surface area contributed by atoms with Crippen LogP contribution in [-0.4, -0.2) is 73.7 Å². The minimum Gasteiger partial charge on any atom is -0.469 e. The fraction of sp³-hybridized carbons (Fsp3) is 0.462. The summed E-state index contributed by atoms with van der Waals surface area (Å²) in [6.45, 7) is 5.92. The average Bonchev–Trinajstić information content (AvgIpc) is 3.42. The van der Waals surface area contributed by atoms with Gasteiger partial charge in [0, 0.05) is 43.3 Å². The molecular formula is C26H31FN4O5S. The first-order valence-electron chi connectivity index (χ1n) is 12.2. The molecule has 1 saturated heterocycles. The zero-order valence-corrected chi connectivity index (χ0v) is 22.0. The van der Waals surface area contributed by atoms with Crippen LogP contribution in [0.5, 0.6) is 0 Å². The number of carbonyl (C=O) groups is 2. The van der Waals surface area contributed by atoms with Crippen molar-refractivity contribution in [3.63, 3.8) is 0 Å². The van der Waals surface area contributed by atoms with E-state index in [0.717, 1.165) is 5.56 Å². The largest absolute Gasteiger partial charge is 0.469 e. The maximum absolute atomic E-state index is 13.9. The van der Waals surface area contributed by atoms with Gasteiger partial charge < -0.3 is 19.5 Å². The molecule has 2 unspecified atom stereocenters. The smallest absolute Gasteiger partial charge is 0.338 e. The number of carbonyl (C=O) groups excluding carboxylic acids is 2. The summed E-state index contributed by atoms with van der Waals surface area (Å²) in [6, 6.07) is 3.79. The van der Waals surface area contributed by atoms with Crippen LogP contribution in [0.15, 0.2) is 46.0 Å². The molecule has 1 fully saturated rings. The summed E-state index contributed by atoms with van der Waals surface area (Å²) >= 11 is 1.43. The number of thiazole rings is 1. The highest BCUT2D eigenvalue weighted by atomic mass is 32.1. The third-order valence-corrected chi connectivity index (χ3v) is 7.07. The van der Waals surface area contributed by atoms with Gasteiger partial charge in [0.2, 0.25) is 0 Å². The number of methoxy groups -OCH3 is 1. The number of benzene rings is 1. The number of rotatable bonds is 9. The molecule has 11 heteroatoms. The van der Waals surface area contributed by atoms with E-state index in [9.17, 15) is 14.0 Å². The minimum absolute atomic E-state index is 0.134. The second kappa shape index (κ2) is 12.4. The van der Waals surface area contributed by atoms with E-state index in [1.54, 1.807) is 26.1 Å². The van der Waals surface area contributed by atoms with Crippen LogP contribution in [0.4, 0.5) is 4.39 Å². The topological polar surface area (TPSA) is 102 Å². The Labute approximate surface area is 219 Å². The van der Waals surface area contributed by atoms with Crippen LogP contribution in [0.1, 0.15) is 41.9 Å². The quantitative estimate of drug-likeness (QED) is 0.494. The van der Waals surface area contributed by atoms with Gasteiger partial charge >= 0.3 is 11.9 Å². The predicted molar refractivity (Wildman–Crippen MR) is 137 cm³/mol. The lowest BCUT2D eigenvalue weighted by molar-refractivity contribution is -0.142. The number of nitrogens with one attached hydrogen (secondary N) is 1. The minimum atomic E-state index is -0.689. The van der Waals surface area contributed by atoms with Gasteiger partial charge in [0.25, 0.3) is 0 Å². The Hall–Kier alpha value is -3.15. The zero-order valence-electron chi connectivity index (χ0n) is 21.2. The first-order valence-corrected chi connectivity index (χ1v) is 13.1. The number of aromatic nitrogens is 1. The van der Waals surface area contributed by atoms with Crippen LogP contribution in [0.25, 0.3) is 0 Å². The predicted octanol–water partition coefficient (Wildman–Crippen LogP) is 3.15. The summed E-state index contributed by atoms with van der Waals surface area (Å²) in [5.41, 5.74) is 2.44. The summed E-state index contributed by atoms with van der Waals surface area (Å²) in [4.78, 5) is 36.3. The van der Waals surface area contributed by atoms with Crippen LogP contribution in [0.3, 0.4) is 0 Å². The molecule has 2 atom stereocenters. The van der Waals surface area contributed by atoms with Gasteiger partial charge in [-0.2, -0.15) is 0 Å². The molecule has 0 spiro atoms. The van der Waals surface area contributed by atoms with Crippen LogP contribution in [0.2, 0.25) is 0 Å². The van der Waals surface area contributed by atoms with Crippen LogP contribution in [-0.2, 0) is 23.8 Å². The fourth-order valence-corrected chi connectivity index (χ4v) is 5.08. The highest BCUT2D eigenvalue weighted by molar-refractivity contribution is 7.11. The molecule has 1 aromatic heterocycles. The van der Waals surface area contributed by atoms with Gasteiger partial charge in [-0.25, -0.2) is 14.2 Å². The molecule has 2 aliphatic heterocycles. The van der Waals surface area contributed by atoms with Crippen molar-refractivity contribution in [1.29, 1.82) is 0 Å². The first kappa shape index (κ1) is 26.9. The second-order valence-corrected chi connectivity index (χ2v) is 9.69. The molecular weight excluding hydrogens is 499 g/mol. The van der Waals surface area contributed by atoms with E-state index in [1.165, 1.54) is 30.6 Å². The lowest BCUT2D eigenvalue weighted by Gasteiger charge is -2.35. The molecule has 0 saturated carbocycles. The molecule has 0 aliphatic carbocycles. The third kappa shape index (κ3) is 6.60. The maximum Gasteiger partial charge on any atom is 0.338 e. The molecule has 9 nitrogen and oxygen atoms in total. The van der Waals surface area contributed by atoms with Crippen molar-refractivity contribution < 1.29 is 28.2 Å². The average molecular weight is 531 g/mol. The number of hydrogen-bond donors (Lipinski definition) is 1. The SMILES string of the molecule is CCOC(=O)C1=C(CN2CCOC(CCC(=O)OC)C2)NC(c2nccs2)=NC1c1ccc(F)cc1C. The molecule has 2 aromatic rings. The number of ether oxygens (including phenoxy) is 3. The van der Waals surface area contributed by atoms with Gasteiger partial charge in [0.05, 0.1) is 32.0 Å². The lowest BCUT2D eigenvalue weighted by Crippen LogP contribution is -2.46. The van der Waals surface area contributed by atoms with Crippen molar-refractivity contribution in [3.05, 3.63) is 63.0 Å². The molecule has 1 aromatic carbocycles. The molecule has 0 bridgehead atoms. The van der Waals surface area contributed by atoms with Gasteiger partial charge in [-0.15, -0.1) is 11.3 Å². The van der Waals surface area contributed by atoms with Crippen molar-refractivity contribution in [1.82, 2.24) is 15.2 Å². The summed E-state index contributed by atoms with van der Waals surface area (Å²) < 4.78 is 30.0. The van der Waals surface area contributed by atoms with E-state index < -0.39 is 12.0 Å². The lowest BCUT2D eigenvalue weighted by atomic mass is 9.92. The van der Waals surface area contributed by atoms with Crippen LogP contribution < -0.4 is 5.32 Å². The summed E-state index contributed by atoms with van der Waals surface area (Å²) in [5.74, 6) is -0.560. The number of aliphatic imine (C=N–C) groups is 1. The van der Waals surface area contributed by atoms with Gasteiger partial charge in [-0.1, -0.05) is 6.07 Å². The number of nitrogens with zero attached hydrogens (tertiary/aromatic N) is 3. The molecule has 37 heavy (non-hydrogen) atoms. The van der Waals surface area contributed by atoms with Crippen molar-refractivity contribution in [3.8, 4) is 0 Å². The Morgan fingerprint density at radius 2 is 2.19 bits per heavy atom. The van der Waals surface area contributed by atoms with E-state index in [1.807, 2.05) is 5.38 Å². The highest BCUT2D eigenvalue weighted by Crippen LogP contribution is 2.35. The Kier molecular flexibility index (Phi) is 9.01. The molecule has 4 rings (SSSR count). The van der Waals surface area contributed by atoms with Gasteiger partial charge in [-0.05, 0) is 43.5 Å². The normalized spacial score (nSPS) is 20.3. The van der Waals surface area contributed by atoms with E-state index >= 15 is 0 Å². The van der Waals surface area contributed by atoms with Crippen molar-refractivity contribution in [2.75, 3.05) is 40.0 Å². The third-order valence-electron chi connectivity index (χ3n) is 6.29. The maximum atomic E-state index is 13.9. The monoisotopic (exact) mass is 530 g/mol. The van der Waals surface area contributed by atoms with E-state index in [0.29, 0.717) is 60.3 Å². The Morgan fingerprint density at radius 3 is 2.89 bits per heavy atom. The standard InChI is InChI=1S/C26H31FN4O5S/c1-4-35-26(33)22-20(15-31-10-11-36-18(14-31)6-8-21(32)34-3)29-24(25-28-9-12-37-25)30-23(22)19-7-5-17(27)13-16(19)2/h5,7,9,12-13,18,23H,4,6,8,10-11,14-15H2,1-3H3,(H,29,30). The van der Waals surface area contributed by atoms with Crippen LogP contribution >= 0.6 is 11.3 Å². The number of hydrogen-bond acceptors (Lipinski definition) is 10. The Morgan fingerprint density at radius 1 is 1.35 bits per heavy atom. The summed E-state index contributed by atoms with van der Waals surface area (Å²) in [5, 5.41) is 5.88. The summed E-state index contributed by atoms with van der Waals surface area (Å²) in [6.07, 6.45) is 2.38. The van der Waals surface area contributed by atoms with Gasteiger partial charge in [0.1, 0.15) is 11.9 Å².